The molecule has 76 valence electrons. The van der Waals surface area contributed by atoms with Crippen LogP contribution in [0.25, 0.3) is 0 Å². The molecule has 0 heterocycles. The fraction of sp³-hybridized carbons (Fsp3) is 0.154. The number of ketones is 1. The molecule has 0 bridgehead atoms. The van der Waals surface area contributed by atoms with E-state index in [-0.39, 0.29) is 5.78 Å². The van der Waals surface area contributed by atoms with Crippen LogP contribution in [-0.2, 0) is 0 Å². The number of carbonyl (C=O) groups is 1. The molecule has 0 spiro atoms. The second-order valence-corrected chi connectivity index (χ2v) is 3.61. The molecule has 0 amide bonds. The third-order valence-corrected chi connectivity index (χ3v) is 2.48. The first-order valence-electron chi connectivity index (χ1n) is 4.89. The summed E-state index contributed by atoms with van der Waals surface area (Å²) in [6.07, 6.45) is 7.21. The summed E-state index contributed by atoms with van der Waals surface area (Å²) >= 11 is 0. The van der Waals surface area contributed by atoms with Crippen LogP contribution in [0, 0.1) is 0 Å². The van der Waals surface area contributed by atoms with Gasteiger partial charge >= 0.3 is 0 Å². The highest BCUT2D eigenvalue weighted by Crippen LogP contribution is 2.22. The van der Waals surface area contributed by atoms with Gasteiger partial charge in [-0.1, -0.05) is 48.6 Å². The van der Waals surface area contributed by atoms with Crippen molar-refractivity contribution in [2.24, 2.45) is 0 Å². The summed E-state index contributed by atoms with van der Waals surface area (Å²) in [5.74, 6) is -0.247. The minimum absolute atomic E-state index is 0.247. The molecule has 15 heavy (non-hydrogen) atoms. The van der Waals surface area contributed by atoms with Crippen molar-refractivity contribution in [1.82, 2.24) is 0 Å². The molecule has 2 nitrogen and oxygen atoms in total. The molecule has 1 aromatic rings. The highest BCUT2D eigenvalue weighted by atomic mass is 16.3. The van der Waals surface area contributed by atoms with E-state index >= 15 is 0 Å². The Balaban J connectivity index is 2.29. The van der Waals surface area contributed by atoms with Gasteiger partial charge in [0.2, 0.25) is 0 Å². The van der Waals surface area contributed by atoms with E-state index in [1.165, 1.54) is 0 Å². The third kappa shape index (κ3) is 1.90. The molecule has 0 fully saturated rings. The van der Waals surface area contributed by atoms with E-state index in [1.54, 1.807) is 42.5 Å². The van der Waals surface area contributed by atoms with E-state index in [4.69, 9.17) is 0 Å². The fourth-order valence-corrected chi connectivity index (χ4v) is 1.62. The zero-order valence-corrected chi connectivity index (χ0v) is 8.26. The van der Waals surface area contributed by atoms with Gasteiger partial charge in [0.1, 0.15) is 5.60 Å². The fourth-order valence-electron chi connectivity index (χ4n) is 1.62. The third-order valence-electron chi connectivity index (χ3n) is 2.48. The lowest BCUT2D eigenvalue weighted by molar-refractivity contribution is 0.0535. The van der Waals surface area contributed by atoms with Gasteiger partial charge in [0.05, 0.1) is 0 Å². The molecule has 0 saturated heterocycles. The van der Waals surface area contributed by atoms with Crippen LogP contribution in [0.4, 0.5) is 0 Å². The Morgan fingerprint density at radius 2 is 1.93 bits per heavy atom. The average molecular weight is 200 g/mol. The molecule has 1 aromatic carbocycles. The molecule has 1 N–H and O–H groups in total. The highest BCUT2D eigenvalue weighted by Gasteiger charge is 2.33. The topological polar surface area (TPSA) is 37.3 Å². The van der Waals surface area contributed by atoms with Crippen LogP contribution in [0.1, 0.15) is 16.8 Å². The van der Waals surface area contributed by atoms with Gasteiger partial charge in [0, 0.05) is 12.0 Å². The molecule has 0 aromatic heterocycles. The lowest BCUT2D eigenvalue weighted by atomic mass is 9.87. The molecule has 0 radical (unpaired) electrons. The molecule has 2 rings (SSSR count). The van der Waals surface area contributed by atoms with Crippen LogP contribution in [0.5, 0.6) is 0 Å². The smallest absolute Gasteiger partial charge is 0.198 e. The van der Waals surface area contributed by atoms with Crippen LogP contribution >= 0.6 is 0 Å². The summed E-state index contributed by atoms with van der Waals surface area (Å²) in [5, 5.41) is 10.1. The van der Waals surface area contributed by atoms with Crippen LogP contribution in [0.2, 0.25) is 0 Å². The molecule has 1 aliphatic rings. The van der Waals surface area contributed by atoms with E-state index in [0.29, 0.717) is 12.0 Å². The molecule has 1 unspecified atom stereocenters. The Morgan fingerprint density at radius 1 is 1.20 bits per heavy atom. The minimum Gasteiger partial charge on any atom is -0.377 e. The monoisotopic (exact) mass is 200 g/mol. The molecular formula is C13H12O2. The van der Waals surface area contributed by atoms with E-state index in [2.05, 4.69) is 0 Å². The first-order chi connectivity index (χ1) is 7.22. The maximum absolute atomic E-state index is 12.0. The Labute approximate surface area is 88.6 Å². The SMILES string of the molecule is O=C(c1ccccc1)C1(O)C=CC=CC1. The van der Waals surface area contributed by atoms with Gasteiger partial charge in [-0.25, -0.2) is 0 Å². The van der Waals surface area contributed by atoms with Gasteiger partial charge < -0.3 is 5.11 Å². The summed E-state index contributed by atoms with van der Waals surface area (Å²) < 4.78 is 0. The zero-order valence-electron chi connectivity index (χ0n) is 8.26. The second kappa shape index (κ2) is 3.83. The van der Waals surface area contributed by atoms with Gasteiger partial charge in [-0.15, -0.1) is 0 Å². The normalized spacial score (nSPS) is 24.1. The predicted molar refractivity (Wildman–Crippen MR) is 58.6 cm³/mol. The van der Waals surface area contributed by atoms with Gasteiger partial charge in [0.15, 0.2) is 5.78 Å². The van der Waals surface area contributed by atoms with Gasteiger partial charge in [-0.3, -0.25) is 4.79 Å². The van der Waals surface area contributed by atoms with Crippen LogP contribution in [0.15, 0.2) is 54.6 Å². The van der Waals surface area contributed by atoms with E-state index in [1.807, 2.05) is 12.1 Å². The second-order valence-electron chi connectivity index (χ2n) is 3.61. The number of rotatable bonds is 2. The maximum atomic E-state index is 12.0. The lowest BCUT2D eigenvalue weighted by Crippen LogP contribution is -2.36. The van der Waals surface area contributed by atoms with Crippen molar-refractivity contribution in [3.8, 4) is 0 Å². The van der Waals surface area contributed by atoms with E-state index in [0.717, 1.165) is 0 Å². The first-order valence-corrected chi connectivity index (χ1v) is 4.89. The average Bonchev–Trinajstić information content (AvgIpc) is 2.30. The lowest BCUT2D eigenvalue weighted by Gasteiger charge is -2.23. The standard InChI is InChI=1S/C13H12O2/c14-12(11-7-3-1-4-8-11)13(15)9-5-2-6-10-13/h1-9,15H,10H2. The number of Topliss-reactive ketones (excluding diaryl/α,β-unsaturated/α-hetero) is 1. The quantitative estimate of drug-likeness (QED) is 0.742. The van der Waals surface area contributed by atoms with Crippen molar-refractivity contribution in [2.75, 3.05) is 0 Å². The Morgan fingerprint density at radius 3 is 2.53 bits per heavy atom. The summed E-state index contributed by atoms with van der Waals surface area (Å²) in [6, 6.07) is 8.86. The number of hydrogen-bond acceptors (Lipinski definition) is 2. The van der Waals surface area contributed by atoms with Crippen LogP contribution < -0.4 is 0 Å². The number of allylic oxidation sites excluding steroid dienone is 2. The van der Waals surface area contributed by atoms with Gasteiger partial charge in [0.25, 0.3) is 0 Å². The minimum atomic E-state index is -1.36. The van der Waals surface area contributed by atoms with Gasteiger partial charge in [-0.2, -0.15) is 0 Å². The first kappa shape index (κ1) is 9.87. The summed E-state index contributed by atoms with van der Waals surface area (Å²) in [7, 11) is 0. The zero-order chi connectivity index (χ0) is 10.7. The number of carbonyl (C=O) groups excluding carboxylic acids is 1. The van der Waals surface area contributed by atoms with Gasteiger partial charge in [-0.05, 0) is 6.08 Å². The molecule has 1 atom stereocenters. The molecule has 0 saturated carbocycles. The number of aliphatic hydroxyl groups is 1. The Bertz CT molecular complexity index is 417. The predicted octanol–water partition coefficient (Wildman–Crippen LogP) is 2.12. The van der Waals surface area contributed by atoms with Crippen molar-refractivity contribution < 1.29 is 9.90 Å². The Hall–Kier alpha value is -1.67. The van der Waals surface area contributed by atoms with E-state index in [9.17, 15) is 9.90 Å². The van der Waals surface area contributed by atoms with Crippen LogP contribution in [0.3, 0.4) is 0 Å². The van der Waals surface area contributed by atoms with Crippen molar-refractivity contribution in [3.05, 3.63) is 60.2 Å². The summed E-state index contributed by atoms with van der Waals surface area (Å²) in [5.41, 5.74) is -0.823. The van der Waals surface area contributed by atoms with Crippen molar-refractivity contribution in [1.29, 1.82) is 0 Å². The van der Waals surface area contributed by atoms with Crippen molar-refractivity contribution in [2.45, 2.75) is 12.0 Å². The molecule has 0 aliphatic heterocycles. The maximum Gasteiger partial charge on any atom is 0.198 e. The Kier molecular flexibility index (Phi) is 2.52. The largest absolute Gasteiger partial charge is 0.377 e. The number of benzene rings is 1. The van der Waals surface area contributed by atoms with Crippen molar-refractivity contribution in [3.63, 3.8) is 0 Å². The summed E-state index contributed by atoms with van der Waals surface area (Å²) in [6.45, 7) is 0. The molecule has 2 heteroatoms. The molecule has 1 aliphatic carbocycles. The number of hydrogen-bond donors (Lipinski definition) is 1. The van der Waals surface area contributed by atoms with Crippen molar-refractivity contribution >= 4 is 5.78 Å². The highest BCUT2D eigenvalue weighted by molar-refractivity contribution is 6.03. The summed E-state index contributed by atoms with van der Waals surface area (Å²) in [4.78, 5) is 12.0. The van der Waals surface area contributed by atoms with Crippen LogP contribution in [-0.4, -0.2) is 16.5 Å². The van der Waals surface area contributed by atoms with E-state index < -0.39 is 5.60 Å². The molecular weight excluding hydrogens is 188 g/mol.